The molecule has 16 heavy (non-hydrogen) atoms. The Morgan fingerprint density at radius 2 is 2.12 bits per heavy atom. The molecule has 1 aromatic carbocycles. The number of fused-ring (bicyclic) bond motifs is 1. The summed E-state index contributed by atoms with van der Waals surface area (Å²) in [5.41, 5.74) is 7.43. The Morgan fingerprint density at radius 3 is 2.81 bits per heavy atom. The molecule has 0 fully saturated rings. The molecule has 0 saturated heterocycles. The number of carbonyl (C=O) groups is 1. The molecule has 0 aliphatic carbocycles. The fourth-order valence-corrected chi connectivity index (χ4v) is 1.62. The number of carboxylic acids is 1. The van der Waals surface area contributed by atoms with E-state index in [0.717, 1.165) is 16.5 Å². The fourth-order valence-electron chi connectivity index (χ4n) is 1.62. The molecule has 2 aromatic rings. The fraction of sp³-hybridized carbons (Fsp3) is 0.182. The van der Waals surface area contributed by atoms with Gasteiger partial charge in [0, 0.05) is 23.5 Å². The molecule has 0 aliphatic heterocycles. The van der Waals surface area contributed by atoms with E-state index in [2.05, 4.69) is 4.98 Å². The number of aliphatic carboxylic acids is 1. The second-order valence-electron chi connectivity index (χ2n) is 3.51. The van der Waals surface area contributed by atoms with Crippen molar-refractivity contribution in [3.63, 3.8) is 0 Å². The van der Waals surface area contributed by atoms with Crippen molar-refractivity contribution in [1.29, 1.82) is 0 Å². The van der Waals surface area contributed by atoms with Crippen molar-refractivity contribution < 1.29 is 9.90 Å². The van der Waals surface area contributed by atoms with Crippen molar-refractivity contribution in [3.8, 4) is 0 Å². The van der Waals surface area contributed by atoms with Crippen LogP contribution in [0.4, 0.5) is 0 Å². The maximum atomic E-state index is 10.6. The van der Waals surface area contributed by atoms with E-state index in [-0.39, 0.29) is 17.6 Å². The van der Waals surface area contributed by atoms with Gasteiger partial charge in [-0.2, -0.15) is 0 Å². The number of hydrogen-bond acceptors (Lipinski definition) is 2. The zero-order valence-corrected chi connectivity index (χ0v) is 8.10. The van der Waals surface area contributed by atoms with Crippen molar-refractivity contribution in [3.05, 3.63) is 36.0 Å². The van der Waals surface area contributed by atoms with Gasteiger partial charge < -0.3 is 15.8 Å². The van der Waals surface area contributed by atoms with Gasteiger partial charge in [0.05, 0.1) is 0 Å². The van der Waals surface area contributed by atoms with Gasteiger partial charge in [0.1, 0.15) is 6.04 Å². The molecule has 5 heteroatoms. The first-order valence-corrected chi connectivity index (χ1v) is 4.72. The molecule has 1 aromatic heterocycles. The predicted octanol–water partition coefficient (Wildman–Crippen LogP) is -0.329. The first-order chi connectivity index (χ1) is 7.18. The summed E-state index contributed by atoms with van der Waals surface area (Å²) < 4.78 is 0. The van der Waals surface area contributed by atoms with Crippen molar-refractivity contribution in [2.24, 2.45) is 5.73 Å². The van der Waals surface area contributed by atoms with Crippen LogP contribution in [0.1, 0.15) is 5.56 Å². The number of carboxylic acid groups (broad SMARTS) is 1. The normalized spacial score (nSPS) is 12.1. The van der Waals surface area contributed by atoms with Crippen molar-refractivity contribution in [1.82, 2.24) is 4.98 Å². The van der Waals surface area contributed by atoms with E-state index in [1.165, 1.54) is 0 Å². The molecule has 4 nitrogen and oxygen atoms in total. The van der Waals surface area contributed by atoms with Crippen LogP contribution in [0.5, 0.6) is 0 Å². The van der Waals surface area contributed by atoms with E-state index in [1.54, 1.807) is 0 Å². The summed E-state index contributed by atoms with van der Waals surface area (Å²) in [6, 6.07) is 6.91. The molecule has 0 spiro atoms. The van der Waals surface area contributed by atoms with Gasteiger partial charge in [0.2, 0.25) is 0 Å². The topological polar surface area (TPSA) is 79.1 Å². The molecule has 0 saturated carbocycles. The summed E-state index contributed by atoms with van der Waals surface area (Å²) in [7, 11) is 0. The average Bonchev–Trinajstić information content (AvgIpc) is 2.62. The minimum atomic E-state index is -0.972. The second kappa shape index (κ2) is 5.18. The van der Waals surface area contributed by atoms with Gasteiger partial charge in [-0.05, 0) is 11.6 Å². The molecule has 86 valence electrons. The van der Waals surface area contributed by atoms with Gasteiger partial charge in [-0.15, -0.1) is 0 Å². The van der Waals surface area contributed by atoms with Crippen molar-refractivity contribution in [2.75, 3.05) is 0 Å². The van der Waals surface area contributed by atoms with Crippen LogP contribution in [0.25, 0.3) is 10.9 Å². The number of hydrogen-bond donors (Lipinski definition) is 3. The third-order valence-corrected chi connectivity index (χ3v) is 2.43. The van der Waals surface area contributed by atoms with E-state index in [9.17, 15) is 4.79 Å². The monoisotopic (exact) mass is 282 g/mol. The number of benzene rings is 1. The summed E-state index contributed by atoms with van der Waals surface area (Å²) in [5.74, 6) is -0.972. The summed E-state index contributed by atoms with van der Waals surface area (Å²) in [6.45, 7) is 0. The molecular formula is C11H16GeN2O2. The second-order valence-corrected chi connectivity index (χ2v) is 3.51. The van der Waals surface area contributed by atoms with Crippen LogP contribution in [0.15, 0.2) is 30.5 Å². The molecule has 0 bridgehead atoms. The Morgan fingerprint density at radius 1 is 1.44 bits per heavy atom. The summed E-state index contributed by atoms with van der Waals surface area (Å²) in [4.78, 5) is 13.7. The Kier molecular flexibility index (Phi) is 4.14. The molecule has 0 amide bonds. The molecule has 0 aliphatic rings. The van der Waals surface area contributed by atoms with Crippen molar-refractivity contribution in [2.45, 2.75) is 12.5 Å². The van der Waals surface area contributed by atoms with Crippen molar-refractivity contribution >= 4 is 34.5 Å². The molecule has 2 rings (SSSR count). The van der Waals surface area contributed by atoms with Gasteiger partial charge >= 0.3 is 23.6 Å². The molecule has 4 N–H and O–H groups in total. The maximum absolute atomic E-state index is 10.6. The van der Waals surface area contributed by atoms with Crippen LogP contribution in [-0.4, -0.2) is 39.7 Å². The zero-order chi connectivity index (χ0) is 10.8. The third-order valence-electron chi connectivity index (χ3n) is 2.43. The number of rotatable bonds is 3. The minimum absolute atomic E-state index is 0. The Labute approximate surface area is 104 Å². The van der Waals surface area contributed by atoms with E-state index in [4.69, 9.17) is 10.8 Å². The number of nitrogens with one attached hydrogen (secondary N) is 1. The third kappa shape index (κ3) is 2.45. The van der Waals surface area contributed by atoms with E-state index < -0.39 is 12.0 Å². The Balaban J connectivity index is 0.00000128. The van der Waals surface area contributed by atoms with Crippen LogP contribution >= 0.6 is 0 Å². The van der Waals surface area contributed by atoms with Gasteiger partial charge in [0.25, 0.3) is 0 Å². The quantitative estimate of drug-likeness (QED) is 0.674. The van der Waals surface area contributed by atoms with E-state index in [0.29, 0.717) is 6.42 Å². The molecule has 1 unspecified atom stereocenters. The van der Waals surface area contributed by atoms with Crippen LogP contribution < -0.4 is 5.73 Å². The average molecular weight is 281 g/mol. The van der Waals surface area contributed by atoms with Gasteiger partial charge in [-0.25, -0.2) is 0 Å². The number of para-hydroxylation sites is 1. The standard InChI is InChI=1S/C11H12N2O2.GeH4/c12-9(11(14)15)5-7-6-13-10-4-2-1-3-8(7)10;/h1-4,6,9,13H,5,12H2,(H,14,15);1H4. The molecular weight excluding hydrogens is 265 g/mol. The molecule has 0 radical (unpaired) electrons. The van der Waals surface area contributed by atoms with Crippen LogP contribution in [-0.2, 0) is 11.2 Å². The Bertz CT molecular complexity index is 495. The van der Waals surface area contributed by atoms with Gasteiger partial charge in [0.15, 0.2) is 0 Å². The number of aromatic nitrogens is 1. The van der Waals surface area contributed by atoms with Crippen LogP contribution in [0.2, 0.25) is 0 Å². The SMILES string of the molecule is NC(Cc1c[nH]c2ccccc12)C(=O)O.[GeH4]. The number of nitrogens with two attached hydrogens (primary N) is 1. The Hall–Kier alpha value is -1.27. The molecule has 1 atom stereocenters. The van der Waals surface area contributed by atoms with Gasteiger partial charge in [-0.3, -0.25) is 4.79 Å². The summed E-state index contributed by atoms with van der Waals surface area (Å²) in [5, 5.41) is 9.75. The zero-order valence-electron chi connectivity index (χ0n) is 8.10. The molecule has 1 heterocycles. The number of H-pyrrole nitrogens is 1. The first-order valence-electron chi connectivity index (χ1n) is 4.72. The summed E-state index contributed by atoms with van der Waals surface area (Å²) >= 11 is 0. The van der Waals surface area contributed by atoms with Crippen LogP contribution in [0, 0.1) is 0 Å². The predicted molar refractivity (Wildman–Crippen MR) is 68.9 cm³/mol. The van der Waals surface area contributed by atoms with E-state index in [1.807, 2.05) is 30.5 Å². The van der Waals surface area contributed by atoms with Gasteiger partial charge in [-0.1, -0.05) is 18.2 Å². The number of aromatic amines is 1. The van der Waals surface area contributed by atoms with Crippen LogP contribution in [0.3, 0.4) is 0 Å². The van der Waals surface area contributed by atoms with E-state index >= 15 is 0 Å². The summed E-state index contributed by atoms with van der Waals surface area (Å²) in [6.07, 6.45) is 2.16. The first kappa shape index (κ1) is 12.8.